The van der Waals surface area contributed by atoms with Gasteiger partial charge < -0.3 is 9.47 Å². The van der Waals surface area contributed by atoms with Gasteiger partial charge >= 0.3 is 128 Å². The number of carbonyl (C=O) groups is 3. The molecule has 5 nitrogen and oxygen atoms in total. The van der Waals surface area contributed by atoms with Crippen LogP contribution in [0.1, 0.15) is 13.8 Å². The molecule has 0 aliphatic rings. The quantitative estimate of drug-likeness (QED) is 0.312. The van der Waals surface area contributed by atoms with Crippen molar-refractivity contribution in [1.82, 2.24) is 0 Å². The number of carbonyl (C=O) groups excluding carboxylic acids is 3. The van der Waals surface area contributed by atoms with E-state index in [1.54, 1.807) is 0 Å². The van der Waals surface area contributed by atoms with Gasteiger partial charge in [-0.25, -0.2) is 4.79 Å². The molecule has 0 amide bonds. The van der Waals surface area contributed by atoms with E-state index in [1.165, 1.54) is 0 Å². The van der Waals surface area contributed by atoms with Crippen LogP contribution in [0.15, 0.2) is 0 Å². The van der Waals surface area contributed by atoms with Crippen molar-refractivity contribution in [2.75, 3.05) is 6.61 Å². The Balaban J connectivity index is -0.000000167. The van der Waals surface area contributed by atoms with Crippen LogP contribution in [-0.2, 0) is 23.9 Å². The first-order valence-electron chi connectivity index (χ1n) is 2.87. The number of hydrogen-bond acceptors (Lipinski definition) is 5. The van der Waals surface area contributed by atoms with Crippen molar-refractivity contribution >= 4 is 128 Å². The molecule has 68 valence electrons. The molecule has 0 fully saturated rings. The summed E-state index contributed by atoms with van der Waals surface area (Å²) in [5, 5.41) is 0. The Morgan fingerprint density at radius 1 is 1.00 bits per heavy atom. The maximum absolute atomic E-state index is 10.4. The fourth-order valence-electron chi connectivity index (χ4n) is 0.350. The van der Waals surface area contributed by atoms with E-state index in [1.807, 2.05) is 0 Å². The normalized spacial score (nSPS) is 6.71. The Hall–Kier alpha value is 2.25. The average Bonchev–Trinajstić information content (AvgIpc) is 1.82. The van der Waals surface area contributed by atoms with Crippen LogP contribution < -0.4 is 0 Å². The molecular formula is C6H11KNa2O5. The van der Waals surface area contributed by atoms with Crippen LogP contribution in [0.2, 0.25) is 0 Å². The Morgan fingerprint density at radius 3 is 1.71 bits per heavy atom. The van der Waals surface area contributed by atoms with E-state index in [9.17, 15) is 14.4 Å². The molecule has 0 radical (unpaired) electrons. The molecule has 0 spiro atoms. The molecule has 0 saturated heterocycles. The molecular weight excluding hydrogens is 237 g/mol. The predicted molar refractivity (Wildman–Crippen MR) is 54.9 cm³/mol. The minimum atomic E-state index is -0.868. The fourth-order valence-corrected chi connectivity index (χ4v) is 0.350. The number of esters is 3. The number of hydrogen-bond donors (Lipinski definition) is 0. The van der Waals surface area contributed by atoms with Crippen molar-refractivity contribution in [3.05, 3.63) is 0 Å². The minimum absolute atomic E-state index is 0. The first kappa shape index (κ1) is 25.2. The Morgan fingerprint density at radius 2 is 1.43 bits per heavy atom. The Kier molecular flexibility index (Phi) is 27.4. The zero-order valence-electron chi connectivity index (χ0n) is 6.25. The molecule has 14 heavy (non-hydrogen) atoms. The van der Waals surface area contributed by atoms with Crippen LogP contribution in [0.3, 0.4) is 0 Å². The zero-order chi connectivity index (χ0) is 8.85. The van der Waals surface area contributed by atoms with Gasteiger partial charge in [0.1, 0.15) is 0 Å². The summed E-state index contributed by atoms with van der Waals surface area (Å²) >= 11 is 0. The summed E-state index contributed by atoms with van der Waals surface area (Å²) in [6.07, 6.45) is 0. The molecule has 0 aliphatic heterocycles. The SMILES string of the molecule is CC(=O)OCC(=O)OC(C)=O.[KH].[NaH].[NaH]. The van der Waals surface area contributed by atoms with Gasteiger partial charge in [0.25, 0.3) is 0 Å². The maximum atomic E-state index is 10.4. The van der Waals surface area contributed by atoms with E-state index in [2.05, 4.69) is 9.47 Å². The van der Waals surface area contributed by atoms with E-state index in [0.717, 1.165) is 13.8 Å². The summed E-state index contributed by atoms with van der Waals surface area (Å²) in [7, 11) is 0. The van der Waals surface area contributed by atoms with Crippen molar-refractivity contribution in [1.29, 1.82) is 0 Å². The van der Waals surface area contributed by atoms with Crippen LogP contribution in [0.25, 0.3) is 0 Å². The summed E-state index contributed by atoms with van der Waals surface area (Å²) in [4.78, 5) is 30.7. The molecule has 0 aromatic carbocycles. The monoisotopic (exact) mass is 248 g/mol. The van der Waals surface area contributed by atoms with Gasteiger partial charge in [-0.15, -0.1) is 0 Å². The predicted octanol–water partition coefficient (Wildman–Crippen LogP) is -2.31. The first-order valence-corrected chi connectivity index (χ1v) is 2.87. The van der Waals surface area contributed by atoms with Gasteiger partial charge in [-0.3, -0.25) is 9.59 Å². The van der Waals surface area contributed by atoms with E-state index < -0.39 is 24.5 Å². The summed E-state index contributed by atoms with van der Waals surface area (Å²) in [6, 6.07) is 0. The topological polar surface area (TPSA) is 69.7 Å². The van der Waals surface area contributed by atoms with Crippen LogP contribution in [0.4, 0.5) is 0 Å². The second kappa shape index (κ2) is 15.2. The molecule has 0 heterocycles. The standard InChI is InChI=1S/C6H8O5.K.2Na.3H/c1-4(7)10-3-6(9)11-5(2)8;;;;;;/h3H2,1-2H3;;;;;;. The van der Waals surface area contributed by atoms with Crippen LogP contribution in [-0.4, -0.2) is 135 Å². The van der Waals surface area contributed by atoms with Gasteiger partial charge in [-0.2, -0.15) is 0 Å². The van der Waals surface area contributed by atoms with Crippen molar-refractivity contribution in [2.24, 2.45) is 0 Å². The Bertz CT molecular complexity index is 197. The van der Waals surface area contributed by atoms with Gasteiger partial charge in [0, 0.05) is 13.8 Å². The number of ether oxygens (including phenoxy) is 2. The zero-order valence-corrected chi connectivity index (χ0v) is 6.25. The molecule has 8 heteroatoms. The molecule has 0 aromatic rings. The van der Waals surface area contributed by atoms with Crippen molar-refractivity contribution < 1.29 is 23.9 Å². The molecule has 0 aliphatic carbocycles. The molecule has 0 bridgehead atoms. The van der Waals surface area contributed by atoms with Crippen LogP contribution in [0, 0.1) is 0 Å². The third-order valence-electron chi connectivity index (χ3n) is 0.651. The van der Waals surface area contributed by atoms with Crippen molar-refractivity contribution in [2.45, 2.75) is 13.8 Å². The van der Waals surface area contributed by atoms with Gasteiger partial charge in [0.2, 0.25) is 0 Å². The molecule has 0 N–H and O–H groups in total. The molecule has 0 aromatic heterocycles. The van der Waals surface area contributed by atoms with E-state index >= 15 is 0 Å². The first-order chi connectivity index (χ1) is 5.02. The third-order valence-corrected chi connectivity index (χ3v) is 0.651. The fraction of sp³-hybridized carbons (Fsp3) is 0.500. The summed E-state index contributed by atoms with van der Waals surface area (Å²) in [5.41, 5.74) is 0. The third kappa shape index (κ3) is 19.8. The number of rotatable bonds is 2. The van der Waals surface area contributed by atoms with Crippen molar-refractivity contribution in [3.63, 3.8) is 0 Å². The molecule has 0 atom stereocenters. The van der Waals surface area contributed by atoms with Gasteiger partial charge in [0.15, 0.2) is 6.61 Å². The van der Waals surface area contributed by atoms with E-state index in [4.69, 9.17) is 0 Å². The van der Waals surface area contributed by atoms with Crippen molar-refractivity contribution in [3.8, 4) is 0 Å². The van der Waals surface area contributed by atoms with Gasteiger partial charge in [-0.1, -0.05) is 0 Å². The van der Waals surface area contributed by atoms with Gasteiger partial charge in [0.05, 0.1) is 0 Å². The molecule has 0 rings (SSSR count). The summed E-state index contributed by atoms with van der Waals surface area (Å²) < 4.78 is 8.28. The van der Waals surface area contributed by atoms with Crippen LogP contribution in [0.5, 0.6) is 0 Å². The summed E-state index contributed by atoms with van der Waals surface area (Å²) in [5.74, 6) is -2.18. The van der Waals surface area contributed by atoms with Gasteiger partial charge in [-0.05, 0) is 0 Å². The van der Waals surface area contributed by atoms with E-state index in [-0.39, 0.29) is 110 Å². The molecule has 0 unspecified atom stereocenters. The molecule has 0 saturated carbocycles. The summed E-state index contributed by atoms with van der Waals surface area (Å²) in [6.45, 7) is 1.72. The second-order valence-electron chi connectivity index (χ2n) is 1.75. The van der Waals surface area contributed by atoms with E-state index in [0.29, 0.717) is 0 Å². The van der Waals surface area contributed by atoms with Crippen LogP contribution >= 0.6 is 0 Å². The average molecular weight is 248 g/mol. The second-order valence-corrected chi connectivity index (χ2v) is 1.75. The Labute approximate surface area is 169 Å².